The monoisotopic (exact) mass is 351 g/mol. The van der Waals surface area contributed by atoms with E-state index in [2.05, 4.69) is 21.2 Å². The SMILES string of the molecule is Nc1cccc(C(=O)N2CCCC2C(=O)NC2CC2)c1Br. The molecule has 3 N–H and O–H groups in total. The van der Waals surface area contributed by atoms with Gasteiger partial charge in [-0.2, -0.15) is 0 Å². The van der Waals surface area contributed by atoms with Crippen molar-refractivity contribution in [1.82, 2.24) is 10.2 Å². The van der Waals surface area contributed by atoms with E-state index in [9.17, 15) is 9.59 Å². The van der Waals surface area contributed by atoms with Crippen LogP contribution >= 0.6 is 15.9 Å². The first-order valence-corrected chi connectivity index (χ1v) is 8.02. The van der Waals surface area contributed by atoms with E-state index in [0.717, 1.165) is 25.7 Å². The van der Waals surface area contributed by atoms with Crippen LogP contribution in [0.3, 0.4) is 0 Å². The number of nitrogen functional groups attached to an aromatic ring is 1. The molecule has 2 amide bonds. The van der Waals surface area contributed by atoms with Gasteiger partial charge in [0.25, 0.3) is 5.91 Å². The van der Waals surface area contributed by atoms with Crippen molar-refractivity contribution in [2.45, 2.75) is 37.8 Å². The highest BCUT2D eigenvalue weighted by molar-refractivity contribution is 9.10. The number of hydrogen-bond donors (Lipinski definition) is 2. The van der Waals surface area contributed by atoms with E-state index >= 15 is 0 Å². The Bertz CT molecular complexity index is 586. The summed E-state index contributed by atoms with van der Waals surface area (Å²) >= 11 is 3.36. The maximum atomic E-state index is 12.7. The number of nitrogens with one attached hydrogen (secondary N) is 1. The van der Waals surface area contributed by atoms with Crippen LogP contribution in [0.2, 0.25) is 0 Å². The number of anilines is 1. The van der Waals surface area contributed by atoms with Crippen molar-refractivity contribution in [1.29, 1.82) is 0 Å². The number of hydrogen-bond acceptors (Lipinski definition) is 3. The van der Waals surface area contributed by atoms with E-state index in [1.807, 2.05) is 0 Å². The summed E-state index contributed by atoms with van der Waals surface area (Å²) in [6.07, 6.45) is 3.68. The van der Waals surface area contributed by atoms with Gasteiger partial charge in [0.05, 0.1) is 10.0 Å². The van der Waals surface area contributed by atoms with Gasteiger partial charge >= 0.3 is 0 Å². The van der Waals surface area contributed by atoms with Crippen LogP contribution in [-0.2, 0) is 4.79 Å². The number of amides is 2. The zero-order chi connectivity index (χ0) is 15.0. The number of rotatable bonds is 3. The number of benzene rings is 1. The average molecular weight is 352 g/mol. The largest absolute Gasteiger partial charge is 0.398 e. The highest BCUT2D eigenvalue weighted by Crippen LogP contribution is 2.28. The molecule has 6 heteroatoms. The van der Waals surface area contributed by atoms with E-state index in [4.69, 9.17) is 5.73 Å². The molecule has 1 aromatic carbocycles. The molecule has 1 saturated carbocycles. The molecule has 2 aliphatic rings. The second kappa shape index (κ2) is 5.67. The van der Waals surface area contributed by atoms with Crippen LogP contribution in [-0.4, -0.2) is 35.3 Å². The van der Waals surface area contributed by atoms with Gasteiger partial charge in [-0.3, -0.25) is 9.59 Å². The molecule has 1 saturated heterocycles. The molecular weight excluding hydrogens is 334 g/mol. The third-order valence-electron chi connectivity index (χ3n) is 4.00. The predicted octanol–water partition coefficient (Wildman–Crippen LogP) is 1.91. The van der Waals surface area contributed by atoms with Crippen LogP contribution in [0.15, 0.2) is 22.7 Å². The lowest BCUT2D eigenvalue weighted by Crippen LogP contribution is -2.46. The molecule has 0 spiro atoms. The van der Waals surface area contributed by atoms with Gasteiger partial charge in [-0.15, -0.1) is 0 Å². The lowest BCUT2D eigenvalue weighted by atomic mass is 10.1. The Morgan fingerprint density at radius 3 is 2.76 bits per heavy atom. The van der Waals surface area contributed by atoms with Crippen LogP contribution in [0.25, 0.3) is 0 Å². The molecule has 0 radical (unpaired) electrons. The molecule has 0 aromatic heterocycles. The summed E-state index contributed by atoms with van der Waals surface area (Å²) in [6.45, 7) is 0.614. The fraction of sp³-hybridized carbons (Fsp3) is 0.467. The standard InChI is InChI=1S/C15H18BrN3O2/c16-13-10(3-1-4-11(13)17)15(21)19-8-2-5-12(19)14(20)18-9-6-7-9/h1,3-4,9,12H,2,5-8,17H2,(H,18,20). The summed E-state index contributed by atoms with van der Waals surface area (Å²) in [5.74, 6) is -0.161. The Labute approximate surface area is 132 Å². The number of nitrogens with zero attached hydrogens (tertiary/aromatic N) is 1. The highest BCUT2D eigenvalue weighted by atomic mass is 79.9. The predicted molar refractivity (Wildman–Crippen MR) is 83.8 cm³/mol. The summed E-state index contributed by atoms with van der Waals surface area (Å²) < 4.78 is 0.600. The minimum Gasteiger partial charge on any atom is -0.398 e. The Hall–Kier alpha value is -1.56. The normalized spacial score (nSPS) is 21.4. The topological polar surface area (TPSA) is 75.4 Å². The number of carbonyl (C=O) groups excluding carboxylic acids is 2. The highest BCUT2D eigenvalue weighted by Gasteiger charge is 2.37. The van der Waals surface area contributed by atoms with E-state index in [0.29, 0.717) is 28.3 Å². The molecule has 1 aromatic rings. The molecule has 1 aliphatic heterocycles. The number of likely N-dealkylation sites (tertiary alicyclic amines) is 1. The fourth-order valence-corrected chi connectivity index (χ4v) is 3.11. The lowest BCUT2D eigenvalue weighted by molar-refractivity contribution is -0.125. The molecule has 21 heavy (non-hydrogen) atoms. The molecule has 2 fully saturated rings. The van der Waals surface area contributed by atoms with Gasteiger partial charge in [0.15, 0.2) is 0 Å². The molecular formula is C15H18BrN3O2. The van der Waals surface area contributed by atoms with Crippen LogP contribution < -0.4 is 11.1 Å². The zero-order valence-electron chi connectivity index (χ0n) is 11.6. The first-order chi connectivity index (χ1) is 10.1. The first-order valence-electron chi connectivity index (χ1n) is 7.23. The second-order valence-electron chi connectivity index (χ2n) is 5.65. The van der Waals surface area contributed by atoms with Crippen LogP contribution in [0, 0.1) is 0 Å². The first kappa shape index (κ1) is 14.4. The van der Waals surface area contributed by atoms with Crippen molar-refractivity contribution in [3.63, 3.8) is 0 Å². The van der Waals surface area contributed by atoms with E-state index in [1.165, 1.54) is 0 Å². The van der Waals surface area contributed by atoms with Crippen molar-refractivity contribution in [2.75, 3.05) is 12.3 Å². The summed E-state index contributed by atoms with van der Waals surface area (Å²) in [5, 5.41) is 2.99. The maximum Gasteiger partial charge on any atom is 0.255 e. The summed E-state index contributed by atoms with van der Waals surface area (Å²) in [6, 6.07) is 5.18. The van der Waals surface area contributed by atoms with Crippen molar-refractivity contribution < 1.29 is 9.59 Å². The second-order valence-corrected chi connectivity index (χ2v) is 6.44. The molecule has 1 aliphatic carbocycles. The Morgan fingerprint density at radius 1 is 1.29 bits per heavy atom. The van der Waals surface area contributed by atoms with Crippen molar-refractivity contribution in [3.05, 3.63) is 28.2 Å². The Balaban J connectivity index is 1.79. The molecule has 1 heterocycles. The molecule has 1 atom stereocenters. The molecule has 112 valence electrons. The number of carbonyl (C=O) groups is 2. The van der Waals surface area contributed by atoms with Crippen molar-refractivity contribution in [2.24, 2.45) is 0 Å². The van der Waals surface area contributed by atoms with Gasteiger partial charge in [0, 0.05) is 18.3 Å². The number of nitrogens with two attached hydrogens (primary N) is 1. The third-order valence-corrected chi connectivity index (χ3v) is 4.88. The summed E-state index contributed by atoms with van der Waals surface area (Å²) in [4.78, 5) is 26.6. The third kappa shape index (κ3) is 2.90. The Morgan fingerprint density at radius 2 is 2.05 bits per heavy atom. The van der Waals surface area contributed by atoms with E-state index < -0.39 is 0 Å². The number of halogens is 1. The van der Waals surface area contributed by atoms with Gasteiger partial charge in [-0.25, -0.2) is 0 Å². The minimum atomic E-state index is -0.355. The van der Waals surface area contributed by atoms with Crippen molar-refractivity contribution in [3.8, 4) is 0 Å². The van der Waals surface area contributed by atoms with Crippen molar-refractivity contribution >= 4 is 33.4 Å². The minimum absolute atomic E-state index is 0.0247. The van der Waals surface area contributed by atoms with E-state index in [-0.39, 0.29) is 17.9 Å². The molecule has 5 nitrogen and oxygen atoms in total. The maximum absolute atomic E-state index is 12.7. The summed E-state index contributed by atoms with van der Waals surface area (Å²) in [5.41, 5.74) is 6.87. The zero-order valence-corrected chi connectivity index (χ0v) is 13.2. The molecule has 1 unspecified atom stereocenters. The van der Waals surface area contributed by atoms with Gasteiger partial charge < -0.3 is 16.0 Å². The molecule has 3 rings (SSSR count). The average Bonchev–Trinajstić information content (AvgIpc) is 3.14. The van der Waals surface area contributed by atoms with Gasteiger partial charge in [-0.1, -0.05) is 6.07 Å². The van der Waals surface area contributed by atoms with Gasteiger partial charge in [-0.05, 0) is 53.7 Å². The van der Waals surface area contributed by atoms with Crippen LogP contribution in [0.5, 0.6) is 0 Å². The van der Waals surface area contributed by atoms with Crippen LogP contribution in [0.4, 0.5) is 5.69 Å². The Kier molecular flexibility index (Phi) is 3.89. The van der Waals surface area contributed by atoms with E-state index in [1.54, 1.807) is 23.1 Å². The smallest absolute Gasteiger partial charge is 0.255 e. The van der Waals surface area contributed by atoms with Crippen LogP contribution in [0.1, 0.15) is 36.0 Å². The van der Waals surface area contributed by atoms with Gasteiger partial charge in [0.1, 0.15) is 6.04 Å². The fourth-order valence-electron chi connectivity index (χ4n) is 2.68. The summed E-state index contributed by atoms with van der Waals surface area (Å²) in [7, 11) is 0. The lowest BCUT2D eigenvalue weighted by Gasteiger charge is -2.24. The van der Waals surface area contributed by atoms with Gasteiger partial charge in [0.2, 0.25) is 5.91 Å². The molecule has 0 bridgehead atoms. The quantitative estimate of drug-likeness (QED) is 0.816.